The van der Waals surface area contributed by atoms with Gasteiger partial charge in [0.25, 0.3) is 5.91 Å². The van der Waals surface area contributed by atoms with Gasteiger partial charge in [-0.2, -0.15) is 4.98 Å². The Labute approximate surface area is 171 Å². The van der Waals surface area contributed by atoms with Crippen LogP contribution in [0.3, 0.4) is 0 Å². The molecule has 1 aliphatic heterocycles. The van der Waals surface area contributed by atoms with Crippen molar-refractivity contribution in [2.75, 3.05) is 36.4 Å². The standard InChI is InChI=1S/C23H25N5O/c1-17-8-10-19(11-9-17)22(29)27-12-14-28(15-13-27)23-24-18(2)16-21(26-23)25-20-6-4-3-5-7-20/h3-11,16H,12-15H2,1-2H3,(H,24,25,26). The van der Waals surface area contributed by atoms with Crippen molar-refractivity contribution in [3.63, 3.8) is 0 Å². The second kappa shape index (κ2) is 8.31. The van der Waals surface area contributed by atoms with Gasteiger partial charge in [0, 0.05) is 49.2 Å². The minimum atomic E-state index is 0.0845. The number of nitrogens with zero attached hydrogens (tertiary/aromatic N) is 4. The lowest BCUT2D eigenvalue weighted by atomic mass is 10.1. The van der Waals surface area contributed by atoms with E-state index in [0.29, 0.717) is 32.1 Å². The Balaban J connectivity index is 1.43. The van der Waals surface area contributed by atoms with Gasteiger partial charge in [-0.1, -0.05) is 35.9 Å². The Kier molecular flexibility index (Phi) is 5.42. The average Bonchev–Trinajstić information content (AvgIpc) is 2.74. The minimum absolute atomic E-state index is 0.0845. The second-order valence-corrected chi connectivity index (χ2v) is 7.33. The second-order valence-electron chi connectivity index (χ2n) is 7.33. The molecule has 0 spiro atoms. The van der Waals surface area contributed by atoms with Gasteiger partial charge in [0.1, 0.15) is 5.82 Å². The Morgan fingerprint density at radius 3 is 2.28 bits per heavy atom. The van der Waals surface area contributed by atoms with Crippen molar-refractivity contribution in [1.29, 1.82) is 0 Å². The molecule has 0 unspecified atom stereocenters. The number of hydrogen-bond acceptors (Lipinski definition) is 5. The molecule has 0 saturated carbocycles. The maximum atomic E-state index is 12.7. The average molecular weight is 387 g/mol. The molecule has 1 saturated heterocycles. The van der Waals surface area contributed by atoms with Crippen LogP contribution in [0.15, 0.2) is 60.7 Å². The summed E-state index contributed by atoms with van der Waals surface area (Å²) in [5, 5.41) is 3.33. The number of carbonyl (C=O) groups is 1. The van der Waals surface area contributed by atoms with Crippen LogP contribution in [0.4, 0.5) is 17.5 Å². The molecule has 0 radical (unpaired) electrons. The predicted octanol–water partition coefficient (Wildman–Crippen LogP) is 3.80. The Morgan fingerprint density at radius 2 is 1.59 bits per heavy atom. The molecular weight excluding hydrogens is 362 g/mol. The van der Waals surface area contributed by atoms with Crippen LogP contribution in [-0.2, 0) is 0 Å². The van der Waals surface area contributed by atoms with E-state index in [1.807, 2.05) is 79.4 Å². The molecule has 2 heterocycles. The van der Waals surface area contributed by atoms with Crippen molar-refractivity contribution in [3.05, 3.63) is 77.5 Å². The molecule has 0 atom stereocenters. The Bertz CT molecular complexity index is 980. The number of anilines is 3. The third-order valence-electron chi connectivity index (χ3n) is 5.04. The van der Waals surface area contributed by atoms with Gasteiger partial charge >= 0.3 is 0 Å². The number of benzene rings is 2. The molecule has 3 aromatic rings. The first kappa shape index (κ1) is 18.9. The highest BCUT2D eigenvalue weighted by atomic mass is 16.2. The van der Waals surface area contributed by atoms with E-state index in [1.54, 1.807) is 0 Å². The van der Waals surface area contributed by atoms with Crippen LogP contribution in [-0.4, -0.2) is 47.0 Å². The molecule has 1 aliphatic rings. The molecule has 1 N–H and O–H groups in total. The molecule has 0 bridgehead atoms. The minimum Gasteiger partial charge on any atom is -0.340 e. The summed E-state index contributed by atoms with van der Waals surface area (Å²) in [6, 6.07) is 19.7. The summed E-state index contributed by atoms with van der Waals surface area (Å²) in [4.78, 5) is 26.1. The van der Waals surface area contributed by atoms with Gasteiger partial charge < -0.3 is 15.1 Å². The van der Waals surface area contributed by atoms with Crippen LogP contribution in [0.25, 0.3) is 0 Å². The lowest BCUT2D eigenvalue weighted by molar-refractivity contribution is 0.0746. The van der Waals surface area contributed by atoms with Gasteiger partial charge in [-0.05, 0) is 38.1 Å². The summed E-state index contributed by atoms with van der Waals surface area (Å²) in [5.41, 5.74) is 3.80. The van der Waals surface area contributed by atoms with E-state index in [4.69, 9.17) is 4.98 Å². The van der Waals surface area contributed by atoms with Crippen LogP contribution in [0, 0.1) is 13.8 Å². The zero-order valence-corrected chi connectivity index (χ0v) is 16.8. The third-order valence-corrected chi connectivity index (χ3v) is 5.04. The van der Waals surface area contributed by atoms with Gasteiger partial charge in [-0.25, -0.2) is 4.98 Å². The quantitative estimate of drug-likeness (QED) is 0.738. The number of para-hydroxylation sites is 1. The highest BCUT2D eigenvalue weighted by Crippen LogP contribution is 2.20. The summed E-state index contributed by atoms with van der Waals surface area (Å²) in [7, 11) is 0. The van der Waals surface area contributed by atoms with Crippen LogP contribution in [0.1, 0.15) is 21.6 Å². The molecular formula is C23H25N5O. The van der Waals surface area contributed by atoms with Crippen LogP contribution in [0.5, 0.6) is 0 Å². The van der Waals surface area contributed by atoms with Crippen molar-refractivity contribution in [2.45, 2.75) is 13.8 Å². The first-order chi connectivity index (χ1) is 14.1. The van der Waals surface area contributed by atoms with E-state index in [1.165, 1.54) is 0 Å². The Morgan fingerprint density at radius 1 is 0.897 bits per heavy atom. The third kappa shape index (κ3) is 4.54. The van der Waals surface area contributed by atoms with E-state index in [2.05, 4.69) is 15.2 Å². The fourth-order valence-corrected chi connectivity index (χ4v) is 3.42. The summed E-state index contributed by atoms with van der Waals surface area (Å²) in [6.07, 6.45) is 0. The van der Waals surface area contributed by atoms with Crippen LogP contribution in [0.2, 0.25) is 0 Å². The zero-order valence-electron chi connectivity index (χ0n) is 16.8. The molecule has 2 aromatic carbocycles. The van der Waals surface area contributed by atoms with Crippen molar-refractivity contribution < 1.29 is 4.79 Å². The molecule has 6 nitrogen and oxygen atoms in total. The van der Waals surface area contributed by atoms with Crippen molar-refractivity contribution >= 4 is 23.4 Å². The first-order valence-electron chi connectivity index (χ1n) is 9.87. The number of piperazine rings is 1. The largest absolute Gasteiger partial charge is 0.340 e. The molecule has 1 aromatic heterocycles. The van der Waals surface area contributed by atoms with Gasteiger partial charge in [0.2, 0.25) is 5.95 Å². The lowest BCUT2D eigenvalue weighted by Gasteiger charge is -2.35. The summed E-state index contributed by atoms with van der Waals surface area (Å²) < 4.78 is 0. The predicted molar refractivity (Wildman–Crippen MR) is 116 cm³/mol. The van der Waals surface area contributed by atoms with Crippen LogP contribution >= 0.6 is 0 Å². The smallest absolute Gasteiger partial charge is 0.253 e. The molecule has 1 amide bonds. The van der Waals surface area contributed by atoms with E-state index in [0.717, 1.165) is 28.3 Å². The Hall–Kier alpha value is -3.41. The van der Waals surface area contributed by atoms with Gasteiger partial charge in [-0.3, -0.25) is 4.79 Å². The van der Waals surface area contributed by atoms with Crippen molar-refractivity contribution in [3.8, 4) is 0 Å². The van der Waals surface area contributed by atoms with Gasteiger partial charge in [0.15, 0.2) is 0 Å². The number of aryl methyl sites for hydroxylation is 2. The van der Waals surface area contributed by atoms with E-state index >= 15 is 0 Å². The summed E-state index contributed by atoms with van der Waals surface area (Å²) in [5.74, 6) is 1.56. The monoisotopic (exact) mass is 387 g/mol. The molecule has 0 aliphatic carbocycles. The van der Waals surface area contributed by atoms with Crippen LogP contribution < -0.4 is 10.2 Å². The van der Waals surface area contributed by atoms with Crippen molar-refractivity contribution in [1.82, 2.24) is 14.9 Å². The lowest BCUT2D eigenvalue weighted by Crippen LogP contribution is -2.49. The maximum Gasteiger partial charge on any atom is 0.253 e. The van der Waals surface area contributed by atoms with E-state index in [9.17, 15) is 4.79 Å². The zero-order chi connectivity index (χ0) is 20.2. The molecule has 4 rings (SSSR count). The topological polar surface area (TPSA) is 61.4 Å². The number of nitrogens with one attached hydrogen (secondary N) is 1. The fraction of sp³-hybridized carbons (Fsp3) is 0.261. The molecule has 1 fully saturated rings. The van der Waals surface area contributed by atoms with Gasteiger partial charge in [0.05, 0.1) is 0 Å². The van der Waals surface area contributed by atoms with Gasteiger partial charge in [-0.15, -0.1) is 0 Å². The van der Waals surface area contributed by atoms with Crippen molar-refractivity contribution in [2.24, 2.45) is 0 Å². The highest BCUT2D eigenvalue weighted by molar-refractivity contribution is 5.94. The molecule has 6 heteroatoms. The summed E-state index contributed by atoms with van der Waals surface area (Å²) in [6.45, 7) is 6.74. The normalized spacial score (nSPS) is 14.0. The van der Waals surface area contributed by atoms with E-state index in [-0.39, 0.29) is 5.91 Å². The SMILES string of the molecule is Cc1ccc(C(=O)N2CCN(c3nc(C)cc(Nc4ccccc4)n3)CC2)cc1. The summed E-state index contributed by atoms with van der Waals surface area (Å²) >= 11 is 0. The molecule has 29 heavy (non-hydrogen) atoms. The number of carbonyl (C=O) groups excluding carboxylic acids is 1. The first-order valence-corrected chi connectivity index (χ1v) is 9.87. The highest BCUT2D eigenvalue weighted by Gasteiger charge is 2.23. The number of hydrogen-bond donors (Lipinski definition) is 1. The number of amides is 1. The van der Waals surface area contributed by atoms with E-state index < -0.39 is 0 Å². The number of rotatable bonds is 4. The number of aromatic nitrogens is 2. The molecule has 148 valence electrons. The fourth-order valence-electron chi connectivity index (χ4n) is 3.42. The maximum absolute atomic E-state index is 12.7.